The van der Waals surface area contributed by atoms with Gasteiger partial charge in [0, 0.05) is 18.1 Å². The van der Waals surface area contributed by atoms with Crippen molar-refractivity contribution < 1.29 is 9.18 Å². The van der Waals surface area contributed by atoms with E-state index < -0.39 is 0 Å². The molecule has 2 heterocycles. The van der Waals surface area contributed by atoms with E-state index in [9.17, 15) is 9.18 Å². The Hall–Kier alpha value is -2.21. The van der Waals surface area contributed by atoms with Crippen LogP contribution in [0.25, 0.3) is 11.3 Å². The Balaban J connectivity index is 1.49. The van der Waals surface area contributed by atoms with E-state index >= 15 is 0 Å². The summed E-state index contributed by atoms with van der Waals surface area (Å²) in [5, 5.41) is 9.86. The van der Waals surface area contributed by atoms with Crippen molar-refractivity contribution in [1.82, 2.24) is 15.1 Å². The number of piperidine rings is 1. The van der Waals surface area contributed by atoms with Crippen LogP contribution in [0.1, 0.15) is 37.7 Å². The molecule has 2 aromatic rings. The Morgan fingerprint density at radius 1 is 1.28 bits per heavy atom. The fourth-order valence-corrected chi connectivity index (χ4v) is 3.30. The van der Waals surface area contributed by atoms with Crippen LogP contribution in [0.2, 0.25) is 0 Å². The Morgan fingerprint density at radius 3 is 2.84 bits per heavy atom. The van der Waals surface area contributed by atoms with Crippen LogP contribution in [-0.2, 0) is 4.79 Å². The molecule has 6 heteroatoms. The van der Waals surface area contributed by atoms with Crippen molar-refractivity contribution in [2.75, 3.05) is 25.0 Å². The second-order valence-corrected chi connectivity index (χ2v) is 6.68. The van der Waals surface area contributed by atoms with Crippen molar-refractivity contribution in [3.05, 3.63) is 35.6 Å². The molecule has 0 saturated carbocycles. The number of anilines is 1. The van der Waals surface area contributed by atoms with Gasteiger partial charge in [-0.05, 0) is 69.6 Å². The molecule has 0 unspecified atom stereocenters. The smallest absolute Gasteiger partial charge is 0.225 e. The van der Waals surface area contributed by atoms with Gasteiger partial charge in [-0.1, -0.05) is 6.42 Å². The molecule has 1 aliphatic heterocycles. The lowest BCUT2D eigenvalue weighted by Gasteiger charge is -2.26. The number of nitrogens with zero attached hydrogens (tertiary/aromatic N) is 2. The van der Waals surface area contributed by atoms with E-state index in [0.717, 1.165) is 42.9 Å². The number of halogens is 1. The number of H-pyrrole nitrogens is 1. The second kappa shape index (κ2) is 8.25. The summed E-state index contributed by atoms with van der Waals surface area (Å²) in [6.07, 6.45) is 5.22. The minimum absolute atomic E-state index is 0.0223. The minimum Gasteiger partial charge on any atom is -0.309 e. The fourth-order valence-electron chi connectivity index (χ4n) is 3.30. The van der Waals surface area contributed by atoms with E-state index in [1.807, 2.05) is 6.92 Å². The fraction of sp³-hybridized carbons (Fsp3) is 0.474. The highest BCUT2D eigenvalue weighted by atomic mass is 19.1. The van der Waals surface area contributed by atoms with Gasteiger partial charge in [-0.2, -0.15) is 5.10 Å². The predicted molar refractivity (Wildman–Crippen MR) is 96.9 cm³/mol. The van der Waals surface area contributed by atoms with Gasteiger partial charge in [0.25, 0.3) is 0 Å². The average molecular weight is 344 g/mol. The summed E-state index contributed by atoms with van der Waals surface area (Å²) in [5.41, 5.74) is 2.46. The summed E-state index contributed by atoms with van der Waals surface area (Å²) < 4.78 is 13.2. The van der Waals surface area contributed by atoms with Crippen LogP contribution >= 0.6 is 0 Å². The molecule has 134 valence electrons. The maximum Gasteiger partial charge on any atom is 0.225 e. The number of aromatic nitrogens is 2. The summed E-state index contributed by atoms with van der Waals surface area (Å²) >= 11 is 0. The van der Waals surface area contributed by atoms with Gasteiger partial charge in [0.2, 0.25) is 5.91 Å². The monoisotopic (exact) mass is 344 g/mol. The first-order valence-electron chi connectivity index (χ1n) is 8.96. The van der Waals surface area contributed by atoms with Crippen LogP contribution in [0.4, 0.5) is 10.2 Å². The molecule has 0 aliphatic carbocycles. The number of hydrogen-bond donors (Lipinski definition) is 2. The first kappa shape index (κ1) is 17.6. The van der Waals surface area contributed by atoms with Crippen molar-refractivity contribution in [3.63, 3.8) is 0 Å². The quantitative estimate of drug-likeness (QED) is 0.839. The zero-order chi connectivity index (χ0) is 17.6. The number of likely N-dealkylation sites (tertiary alicyclic amines) is 1. The zero-order valence-electron chi connectivity index (χ0n) is 14.6. The first-order valence-corrected chi connectivity index (χ1v) is 8.96. The molecule has 0 radical (unpaired) electrons. The van der Waals surface area contributed by atoms with Crippen LogP contribution in [-0.4, -0.2) is 40.6 Å². The molecule has 3 rings (SSSR count). The molecule has 1 fully saturated rings. The van der Waals surface area contributed by atoms with Gasteiger partial charge in [0.05, 0.1) is 5.69 Å². The molecule has 0 spiro atoms. The standard InChI is InChI=1S/C19H25FN4O/c1-14-12-15(20)7-8-16(14)17-13-18(23-22-17)21-19(25)6-5-11-24-9-3-2-4-10-24/h7-8,12-13H,2-6,9-11H2,1H3,(H2,21,22,23,25). The lowest BCUT2D eigenvalue weighted by molar-refractivity contribution is -0.116. The molecule has 1 aliphatic rings. The summed E-state index contributed by atoms with van der Waals surface area (Å²) in [5.74, 6) is 0.218. The molecule has 25 heavy (non-hydrogen) atoms. The van der Waals surface area contributed by atoms with Crippen LogP contribution in [0.5, 0.6) is 0 Å². The highest BCUT2D eigenvalue weighted by Crippen LogP contribution is 2.24. The van der Waals surface area contributed by atoms with Crippen molar-refractivity contribution in [3.8, 4) is 11.3 Å². The maximum absolute atomic E-state index is 13.2. The molecular formula is C19H25FN4O. The molecular weight excluding hydrogens is 319 g/mol. The van der Waals surface area contributed by atoms with E-state index in [4.69, 9.17) is 0 Å². The Morgan fingerprint density at radius 2 is 2.08 bits per heavy atom. The van der Waals surface area contributed by atoms with Gasteiger partial charge in [0.1, 0.15) is 5.82 Å². The predicted octanol–water partition coefficient (Wildman–Crippen LogP) is 3.73. The third kappa shape index (κ3) is 4.89. The molecule has 0 bridgehead atoms. The van der Waals surface area contributed by atoms with Gasteiger partial charge < -0.3 is 10.2 Å². The van der Waals surface area contributed by atoms with E-state index in [0.29, 0.717) is 12.2 Å². The number of aryl methyl sites for hydroxylation is 1. The lowest BCUT2D eigenvalue weighted by Crippen LogP contribution is -2.31. The molecule has 1 amide bonds. The molecule has 1 aromatic heterocycles. The van der Waals surface area contributed by atoms with Gasteiger partial charge >= 0.3 is 0 Å². The van der Waals surface area contributed by atoms with Gasteiger partial charge in [-0.3, -0.25) is 9.89 Å². The van der Waals surface area contributed by atoms with E-state index in [1.54, 1.807) is 12.1 Å². The number of nitrogens with one attached hydrogen (secondary N) is 2. The number of amides is 1. The number of carbonyl (C=O) groups excluding carboxylic acids is 1. The molecule has 1 aromatic carbocycles. The van der Waals surface area contributed by atoms with E-state index in [2.05, 4.69) is 20.4 Å². The Kier molecular flexibility index (Phi) is 5.81. The van der Waals surface area contributed by atoms with Crippen molar-refractivity contribution >= 4 is 11.7 Å². The Labute approximate surface area is 147 Å². The van der Waals surface area contributed by atoms with E-state index in [1.165, 1.54) is 31.4 Å². The van der Waals surface area contributed by atoms with Gasteiger partial charge in [0.15, 0.2) is 5.82 Å². The topological polar surface area (TPSA) is 61.0 Å². The van der Waals surface area contributed by atoms with Crippen molar-refractivity contribution in [1.29, 1.82) is 0 Å². The average Bonchev–Trinajstić information content (AvgIpc) is 3.04. The van der Waals surface area contributed by atoms with Crippen LogP contribution in [0.15, 0.2) is 24.3 Å². The summed E-state index contributed by atoms with van der Waals surface area (Å²) in [4.78, 5) is 14.5. The van der Waals surface area contributed by atoms with E-state index in [-0.39, 0.29) is 11.7 Å². The number of benzene rings is 1. The highest BCUT2D eigenvalue weighted by Gasteiger charge is 2.12. The van der Waals surface area contributed by atoms with Gasteiger partial charge in [-0.25, -0.2) is 4.39 Å². The molecule has 2 N–H and O–H groups in total. The number of hydrogen-bond acceptors (Lipinski definition) is 3. The van der Waals surface area contributed by atoms with Crippen LogP contribution in [0, 0.1) is 12.7 Å². The zero-order valence-corrected chi connectivity index (χ0v) is 14.6. The number of aromatic amines is 1. The summed E-state index contributed by atoms with van der Waals surface area (Å²) in [6.45, 7) is 5.13. The SMILES string of the molecule is Cc1cc(F)ccc1-c1cc(NC(=O)CCCN2CCCCC2)n[nH]1. The van der Waals surface area contributed by atoms with Crippen LogP contribution < -0.4 is 5.32 Å². The largest absolute Gasteiger partial charge is 0.309 e. The lowest BCUT2D eigenvalue weighted by atomic mass is 10.1. The molecule has 1 saturated heterocycles. The van der Waals surface area contributed by atoms with Crippen molar-refractivity contribution in [2.45, 2.75) is 39.0 Å². The third-order valence-electron chi connectivity index (χ3n) is 4.65. The number of rotatable bonds is 6. The minimum atomic E-state index is -0.261. The second-order valence-electron chi connectivity index (χ2n) is 6.68. The molecule has 0 atom stereocenters. The third-order valence-corrected chi connectivity index (χ3v) is 4.65. The van der Waals surface area contributed by atoms with Crippen molar-refractivity contribution in [2.24, 2.45) is 0 Å². The Bertz CT molecular complexity index is 722. The number of carbonyl (C=O) groups is 1. The highest BCUT2D eigenvalue weighted by molar-refractivity contribution is 5.90. The summed E-state index contributed by atoms with van der Waals surface area (Å²) in [6, 6.07) is 6.39. The molecule has 5 nitrogen and oxygen atoms in total. The normalized spacial score (nSPS) is 15.3. The summed E-state index contributed by atoms with van der Waals surface area (Å²) in [7, 11) is 0. The first-order chi connectivity index (χ1) is 12.1. The maximum atomic E-state index is 13.2. The van der Waals surface area contributed by atoms with Crippen LogP contribution in [0.3, 0.4) is 0 Å². The van der Waals surface area contributed by atoms with Gasteiger partial charge in [-0.15, -0.1) is 0 Å².